The fourth-order valence-electron chi connectivity index (χ4n) is 4.15. The molecule has 0 unspecified atom stereocenters. The molecule has 0 bridgehead atoms. The minimum atomic E-state index is -0.450. The molecular formula is C26H25NO5. The van der Waals surface area contributed by atoms with Gasteiger partial charge in [-0.05, 0) is 53.3 Å². The van der Waals surface area contributed by atoms with Gasteiger partial charge in [-0.2, -0.15) is 0 Å². The third-order valence-electron chi connectivity index (χ3n) is 5.69. The van der Waals surface area contributed by atoms with Gasteiger partial charge in [-0.15, -0.1) is 0 Å². The number of hydrogen-bond donors (Lipinski definition) is 1. The highest BCUT2D eigenvalue weighted by Crippen LogP contribution is 2.50. The van der Waals surface area contributed by atoms with E-state index in [9.17, 15) is 9.90 Å². The van der Waals surface area contributed by atoms with Crippen LogP contribution in [0.2, 0.25) is 0 Å². The Morgan fingerprint density at radius 1 is 0.969 bits per heavy atom. The topological polar surface area (TPSA) is 77.4 Å². The molecule has 0 heterocycles. The minimum absolute atomic E-state index is 0.279. The molecule has 0 saturated carbocycles. The quantitative estimate of drug-likeness (QED) is 0.600. The van der Waals surface area contributed by atoms with Crippen LogP contribution < -0.4 is 19.6 Å². The predicted molar refractivity (Wildman–Crippen MR) is 125 cm³/mol. The van der Waals surface area contributed by atoms with Crippen molar-refractivity contribution in [1.29, 1.82) is 0 Å². The zero-order valence-electron chi connectivity index (χ0n) is 18.3. The van der Waals surface area contributed by atoms with Crippen LogP contribution in [0.1, 0.15) is 29.2 Å². The summed E-state index contributed by atoms with van der Waals surface area (Å²) in [6.45, 7) is 0. The van der Waals surface area contributed by atoms with Crippen LogP contribution >= 0.6 is 0 Å². The van der Waals surface area contributed by atoms with Gasteiger partial charge in [0.25, 0.3) is 0 Å². The van der Waals surface area contributed by atoms with Gasteiger partial charge in [0.2, 0.25) is 11.2 Å². The fourth-order valence-corrected chi connectivity index (χ4v) is 4.15. The summed E-state index contributed by atoms with van der Waals surface area (Å²) in [7, 11) is 4.72. The Hall–Kier alpha value is -3.80. The third-order valence-corrected chi connectivity index (χ3v) is 5.69. The van der Waals surface area contributed by atoms with Crippen LogP contribution in [0.4, 0.5) is 0 Å². The average Bonchev–Trinajstić information content (AvgIpc) is 3.06. The number of hydrogen-bond acceptors (Lipinski definition) is 6. The van der Waals surface area contributed by atoms with Crippen molar-refractivity contribution in [2.45, 2.75) is 18.9 Å². The first-order chi connectivity index (χ1) is 15.6. The van der Waals surface area contributed by atoms with Gasteiger partial charge in [0.05, 0.1) is 27.4 Å². The SMILES string of the molecule is COc1cc2c(c(OC)c1OC)-c1ccc(O)c(=O)cc1[C@@H](N=Cc1ccccc1)CC2. The Balaban J connectivity index is 1.98. The van der Waals surface area contributed by atoms with Crippen molar-refractivity contribution >= 4 is 6.21 Å². The molecular weight excluding hydrogens is 406 g/mol. The fraction of sp³-hybridized carbons (Fsp3) is 0.231. The number of aryl methyl sites for hydroxylation is 1. The molecule has 6 nitrogen and oxygen atoms in total. The smallest absolute Gasteiger partial charge is 0.220 e. The van der Waals surface area contributed by atoms with Gasteiger partial charge in [0.15, 0.2) is 17.2 Å². The molecule has 0 amide bonds. The van der Waals surface area contributed by atoms with Crippen LogP contribution in [0.15, 0.2) is 64.4 Å². The molecule has 4 rings (SSSR count). The van der Waals surface area contributed by atoms with Gasteiger partial charge in [-0.1, -0.05) is 36.4 Å². The first kappa shape index (κ1) is 21.4. The molecule has 0 spiro atoms. The maximum Gasteiger partial charge on any atom is 0.220 e. The predicted octanol–water partition coefficient (Wildman–Crippen LogP) is 4.55. The summed E-state index contributed by atoms with van der Waals surface area (Å²) in [5, 5.41) is 10.1. The molecule has 0 saturated heterocycles. The second kappa shape index (κ2) is 9.14. The van der Waals surface area contributed by atoms with Crippen molar-refractivity contribution in [2.75, 3.05) is 21.3 Å². The molecule has 3 aromatic carbocycles. The van der Waals surface area contributed by atoms with Crippen LogP contribution in [0.5, 0.6) is 23.0 Å². The molecule has 0 radical (unpaired) electrons. The van der Waals surface area contributed by atoms with Crippen molar-refractivity contribution in [3.8, 4) is 34.1 Å². The second-order valence-corrected chi connectivity index (χ2v) is 7.52. The van der Waals surface area contributed by atoms with Gasteiger partial charge in [-0.3, -0.25) is 9.79 Å². The van der Waals surface area contributed by atoms with E-state index in [1.54, 1.807) is 27.4 Å². The summed E-state index contributed by atoms with van der Waals surface area (Å²) in [5.41, 5.74) is 3.83. The maximum atomic E-state index is 12.5. The lowest BCUT2D eigenvalue weighted by molar-refractivity contribution is 0.324. The summed E-state index contributed by atoms with van der Waals surface area (Å²) in [5.74, 6) is 1.26. The van der Waals surface area contributed by atoms with E-state index in [-0.39, 0.29) is 11.8 Å². The lowest BCUT2D eigenvalue weighted by atomic mass is 9.95. The zero-order valence-corrected chi connectivity index (χ0v) is 18.3. The standard InChI is InChI=1S/C26H25NO5/c1-30-23-13-17-9-11-20(27-15-16-7-5-4-6-8-16)19-14-22(29)21(28)12-10-18(19)24(17)26(32-3)25(23)31-2/h4-8,10,12-15,20H,9,11H2,1-3H3,(H,28,29)/t20-/m0/s1. The number of ether oxygens (including phenoxy) is 3. The molecule has 1 N–H and O–H groups in total. The Morgan fingerprint density at radius 2 is 1.72 bits per heavy atom. The zero-order chi connectivity index (χ0) is 22.7. The number of nitrogens with zero attached hydrogens (tertiary/aromatic N) is 1. The van der Waals surface area contributed by atoms with E-state index in [4.69, 9.17) is 19.2 Å². The van der Waals surface area contributed by atoms with E-state index in [2.05, 4.69) is 0 Å². The summed E-state index contributed by atoms with van der Waals surface area (Å²) >= 11 is 0. The number of methoxy groups -OCH3 is 3. The van der Waals surface area contributed by atoms with E-state index < -0.39 is 5.43 Å². The molecule has 3 aromatic rings. The highest BCUT2D eigenvalue weighted by atomic mass is 16.5. The van der Waals surface area contributed by atoms with Crippen LogP contribution in [0.3, 0.4) is 0 Å². The van der Waals surface area contributed by atoms with E-state index >= 15 is 0 Å². The lowest BCUT2D eigenvalue weighted by Crippen LogP contribution is -2.02. The van der Waals surface area contributed by atoms with Crippen LogP contribution in [-0.4, -0.2) is 32.7 Å². The highest BCUT2D eigenvalue weighted by Gasteiger charge is 2.28. The minimum Gasteiger partial charge on any atom is -0.504 e. The van der Waals surface area contributed by atoms with Crippen molar-refractivity contribution in [3.05, 3.63) is 81.5 Å². The monoisotopic (exact) mass is 431 g/mol. The Kier molecular flexibility index (Phi) is 6.12. The highest BCUT2D eigenvalue weighted by molar-refractivity contribution is 5.84. The summed E-state index contributed by atoms with van der Waals surface area (Å²) in [6, 6.07) is 16.1. The lowest BCUT2D eigenvalue weighted by Gasteiger charge is -2.19. The normalized spacial score (nSPS) is 14.9. The Bertz CT molecular complexity index is 1220. The molecule has 1 aliphatic rings. The average molecular weight is 431 g/mol. The Labute approximate surface area is 186 Å². The number of aromatic hydroxyl groups is 1. The largest absolute Gasteiger partial charge is 0.504 e. The molecule has 1 aliphatic carbocycles. The second-order valence-electron chi connectivity index (χ2n) is 7.52. The molecule has 0 aromatic heterocycles. The molecule has 0 fully saturated rings. The van der Waals surface area contributed by atoms with Gasteiger partial charge in [-0.25, -0.2) is 0 Å². The van der Waals surface area contributed by atoms with Crippen molar-refractivity contribution < 1.29 is 19.3 Å². The van der Waals surface area contributed by atoms with E-state index in [1.165, 1.54) is 12.1 Å². The van der Waals surface area contributed by atoms with Gasteiger partial charge in [0, 0.05) is 11.8 Å². The summed E-state index contributed by atoms with van der Waals surface area (Å²) in [4.78, 5) is 17.4. The van der Waals surface area contributed by atoms with Crippen LogP contribution in [0, 0.1) is 0 Å². The molecule has 6 heteroatoms. The summed E-state index contributed by atoms with van der Waals surface area (Å²) in [6.07, 6.45) is 3.19. The third kappa shape index (κ3) is 3.91. The van der Waals surface area contributed by atoms with E-state index in [0.29, 0.717) is 30.1 Å². The van der Waals surface area contributed by atoms with Crippen molar-refractivity contribution in [3.63, 3.8) is 0 Å². The number of fused-ring (bicyclic) bond motifs is 3. The maximum absolute atomic E-state index is 12.5. The molecule has 32 heavy (non-hydrogen) atoms. The molecule has 0 aliphatic heterocycles. The van der Waals surface area contributed by atoms with E-state index in [1.807, 2.05) is 42.6 Å². The summed E-state index contributed by atoms with van der Waals surface area (Å²) < 4.78 is 16.9. The van der Waals surface area contributed by atoms with Gasteiger partial charge >= 0.3 is 0 Å². The molecule has 1 atom stereocenters. The van der Waals surface area contributed by atoms with Crippen LogP contribution in [0.25, 0.3) is 11.1 Å². The Morgan fingerprint density at radius 3 is 2.41 bits per heavy atom. The first-order valence-corrected chi connectivity index (χ1v) is 10.3. The number of aliphatic imine (C=N–C) groups is 1. The number of benzene rings is 2. The van der Waals surface area contributed by atoms with E-state index in [0.717, 1.165) is 27.8 Å². The number of rotatable bonds is 5. The molecule has 164 valence electrons. The van der Waals surface area contributed by atoms with Crippen molar-refractivity contribution in [2.24, 2.45) is 4.99 Å². The first-order valence-electron chi connectivity index (χ1n) is 10.3. The van der Waals surface area contributed by atoms with Gasteiger partial charge < -0.3 is 19.3 Å². The van der Waals surface area contributed by atoms with Gasteiger partial charge in [0.1, 0.15) is 0 Å². The van der Waals surface area contributed by atoms with Crippen LogP contribution in [-0.2, 0) is 6.42 Å². The van der Waals surface area contributed by atoms with Crippen molar-refractivity contribution in [1.82, 2.24) is 0 Å².